The number of nitrogens with zero attached hydrogens (tertiary/aromatic N) is 1. The number of hydrogen-bond donors (Lipinski definition) is 1. The lowest BCUT2D eigenvalue weighted by molar-refractivity contribution is 0.152. The Morgan fingerprint density at radius 3 is 3.00 bits per heavy atom. The molecular weight excluding hydrogens is 136 g/mol. The summed E-state index contributed by atoms with van der Waals surface area (Å²) in [5, 5.41) is 2.19. The first-order valence-corrected chi connectivity index (χ1v) is 2.75. The molecule has 0 aliphatic heterocycles. The van der Waals surface area contributed by atoms with Crippen molar-refractivity contribution in [3.63, 3.8) is 0 Å². The maximum Gasteiger partial charge on any atom is 0.408 e. The number of aliphatic imine (C=N–C) groups is 1. The number of amides is 1. The summed E-state index contributed by atoms with van der Waals surface area (Å²) < 4.78 is 4.45. The molecule has 10 heavy (non-hydrogen) atoms. The van der Waals surface area contributed by atoms with Crippen LogP contribution in [0.3, 0.4) is 0 Å². The maximum atomic E-state index is 10.4. The highest BCUT2D eigenvalue weighted by atomic mass is 16.5. The highest BCUT2D eigenvalue weighted by Gasteiger charge is 1.94. The maximum absolute atomic E-state index is 10.4. The molecule has 0 aromatic carbocycles. The van der Waals surface area contributed by atoms with Gasteiger partial charge in [-0.15, -0.1) is 0 Å². The second-order valence-electron chi connectivity index (χ2n) is 1.30. The quantitative estimate of drug-likeness (QED) is 0.448. The predicted molar refractivity (Wildman–Crippen MR) is 33.1 cm³/mol. The molecule has 0 aromatic rings. The number of carbonyl (C=O) groups is 1. The Morgan fingerprint density at radius 2 is 2.50 bits per heavy atom. The summed E-state index contributed by atoms with van der Waals surface area (Å²) in [6.07, 6.45) is 0.688. The minimum atomic E-state index is -0.582. The van der Waals surface area contributed by atoms with Gasteiger partial charge in [0.25, 0.3) is 0 Å². The van der Waals surface area contributed by atoms with Crippen molar-refractivity contribution in [2.24, 2.45) is 4.99 Å². The zero-order chi connectivity index (χ0) is 7.82. The molecule has 0 atom stereocenters. The van der Waals surface area contributed by atoms with Crippen molar-refractivity contribution in [3.05, 3.63) is 0 Å². The van der Waals surface area contributed by atoms with Crippen molar-refractivity contribution in [2.75, 3.05) is 13.3 Å². The molecule has 0 heterocycles. The molecule has 0 rings (SSSR count). The van der Waals surface area contributed by atoms with Crippen LogP contribution in [0.4, 0.5) is 4.79 Å². The van der Waals surface area contributed by atoms with Gasteiger partial charge in [-0.05, 0) is 6.92 Å². The largest absolute Gasteiger partial charge is 0.450 e. The van der Waals surface area contributed by atoms with Crippen LogP contribution >= 0.6 is 0 Å². The van der Waals surface area contributed by atoms with Gasteiger partial charge in [-0.25, -0.2) is 9.59 Å². The van der Waals surface area contributed by atoms with E-state index in [4.69, 9.17) is 0 Å². The monoisotopic (exact) mass is 144 g/mol. The lowest BCUT2D eigenvalue weighted by Crippen LogP contribution is -2.24. The average molecular weight is 144 g/mol. The first-order chi connectivity index (χ1) is 4.81. The summed E-state index contributed by atoms with van der Waals surface area (Å²) in [5.41, 5.74) is 0. The van der Waals surface area contributed by atoms with E-state index in [9.17, 15) is 9.59 Å². The number of nitrogens with one attached hydrogen (secondary N) is 1. The molecule has 0 saturated carbocycles. The van der Waals surface area contributed by atoms with Crippen LogP contribution in [0.5, 0.6) is 0 Å². The molecule has 0 aliphatic rings. The molecule has 0 aliphatic carbocycles. The smallest absolute Gasteiger partial charge is 0.408 e. The normalized spacial score (nSPS) is 7.70. The Labute approximate surface area is 58.1 Å². The van der Waals surface area contributed by atoms with E-state index in [1.165, 1.54) is 6.08 Å². The van der Waals surface area contributed by atoms with E-state index < -0.39 is 6.09 Å². The predicted octanol–water partition coefficient (Wildman–Crippen LogP) is 0.0258. The van der Waals surface area contributed by atoms with Gasteiger partial charge in [0.2, 0.25) is 6.08 Å². The van der Waals surface area contributed by atoms with Crippen LogP contribution in [0, 0.1) is 0 Å². The Kier molecular flexibility index (Phi) is 5.00. The zero-order valence-electron chi connectivity index (χ0n) is 5.59. The minimum absolute atomic E-state index is 0.0810. The van der Waals surface area contributed by atoms with Crippen molar-refractivity contribution in [2.45, 2.75) is 6.92 Å². The number of rotatable bonds is 3. The van der Waals surface area contributed by atoms with Gasteiger partial charge in [0.15, 0.2) is 0 Å². The topological polar surface area (TPSA) is 67.8 Å². The highest BCUT2D eigenvalue weighted by molar-refractivity contribution is 5.67. The fourth-order valence-corrected chi connectivity index (χ4v) is 0.318. The zero-order valence-corrected chi connectivity index (χ0v) is 5.59. The number of isocyanates is 1. The highest BCUT2D eigenvalue weighted by Crippen LogP contribution is 1.74. The van der Waals surface area contributed by atoms with Gasteiger partial charge >= 0.3 is 6.09 Å². The Bertz CT molecular complexity index is 151. The van der Waals surface area contributed by atoms with Crippen molar-refractivity contribution in [3.8, 4) is 0 Å². The van der Waals surface area contributed by atoms with Gasteiger partial charge in [0.1, 0.15) is 6.67 Å². The minimum Gasteiger partial charge on any atom is -0.450 e. The summed E-state index contributed by atoms with van der Waals surface area (Å²) in [4.78, 5) is 22.9. The summed E-state index contributed by atoms with van der Waals surface area (Å²) in [6, 6.07) is 0. The summed E-state index contributed by atoms with van der Waals surface area (Å²) in [7, 11) is 0. The fourth-order valence-electron chi connectivity index (χ4n) is 0.318. The van der Waals surface area contributed by atoms with Gasteiger partial charge in [-0.2, -0.15) is 4.99 Å². The van der Waals surface area contributed by atoms with Crippen LogP contribution in [-0.2, 0) is 9.53 Å². The Balaban J connectivity index is 3.30. The van der Waals surface area contributed by atoms with E-state index in [-0.39, 0.29) is 6.67 Å². The SMILES string of the molecule is CCOC(=O)NCN=C=O. The van der Waals surface area contributed by atoms with Crippen LogP contribution < -0.4 is 5.32 Å². The van der Waals surface area contributed by atoms with Gasteiger partial charge in [0.05, 0.1) is 6.61 Å². The third-order valence-electron chi connectivity index (χ3n) is 0.642. The van der Waals surface area contributed by atoms with Crippen molar-refractivity contribution in [1.29, 1.82) is 0 Å². The van der Waals surface area contributed by atoms with E-state index in [1.807, 2.05) is 0 Å². The van der Waals surface area contributed by atoms with Crippen LogP contribution in [0.25, 0.3) is 0 Å². The van der Waals surface area contributed by atoms with Crippen molar-refractivity contribution in [1.82, 2.24) is 5.32 Å². The van der Waals surface area contributed by atoms with E-state index in [2.05, 4.69) is 15.0 Å². The molecule has 1 N–H and O–H groups in total. The Hall–Kier alpha value is -1.35. The molecule has 5 heteroatoms. The molecule has 0 unspecified atom stereocenters. The molecular formula is C5H8N2O3. The Morgan fingerprint density at radius 1 is 1.80 bits per heavy atom. The van der Waals surface area contributed by atoms with Crippen molar-refractivity contribution < 1.29 is 14.3 Å². The molecule has 0 bridgehead atoms. The molecule has 0 spiro atoms. The lowest BCUT2D eigenvalue weighted by atomic mass is 10.8. The number of hydrogen-bond acceptors (Lipinski definition) is 4. The molecule has 0 fully saturated rings. The number of ether oxygens (including phenoxy) is 1. The molecule has 56 valence electrons. The second kappa shape index (κ2) is 5.78. The molecule has 0 saturated heterocycles. The van der Waals surface area contributed by atoms with E-state index in [0.717, 1.165) is 0 Å². The number of alkyl carbamates (subject to hydrolysis) is 1. The van der Waals surface area contributed by atoms with Crippen LogP contribution in [-0.4, -0.2) is 25.4 Å². The van der Waals surface area contributed by atoms with Crippen LogP contribution in [0.1, 0.15) is 6.92 Å². The summed E-state index contributed by atoms with van der Waals surface area (Å²) in [6.45, 7) is 1.90. The first-order valence-electron chi connectivity index (χ1n) is 2.75. The van der Waals surface area contributed by atoms with E-state index in [1.54, 1.807) is 6.92 Å². The first kappa shape index (κ1) is 8.65. The van der Waals surface area contributed by atoms with E-state index in [0.29, 0.717) is 6.61 Å². The van der Waals surface area contributed by atoms with Gasteiger partial charge in [0, 0.05) is 0 Å². The van der Waals surface area contributed by atoms with Crippen molar-refractivity contribution >= 4 is 12.2 Å². The van der Waals surface area contributed by atoms with Crippen LogP contribution in [0.15, 0.2) is 4.99 Å². The van der Waals surface area contributed by atoms with Gasteiger partial charge < -0.3 is 10.1 Å². The molecule has 1 amide bonds. The molecule has 0 aromatic heterocycles. The van der Waals surface area contributed by atoms with Gasteiger partial charge in [-0.3, -0.25) is 0 Å². The fraction of sp³-hybridized carbons (Fsp3) is 0.600. The lowest BCUT2D eigenvalue weighted by Gasteiger charge is -1.99. The molecule has 0 radical (unpaired) electrons. The standard InChI is InChI=1S/C5H8N2O3/c1-2-10-5(9)7-3-6-4-8/h2-3H2,1H3,(H,7,9). The van der Waals surface area contributed by atoms with Crippen LogP contribution in [0.2, 0.25) is 0 Å². The van der Waals surface area contributed by atoms with E-state index >= 15 is 0 Å². The third kappa shape index (κ3) is 4.80. The molecule has 5 nitrogen and oxygen atoms in total. The summed E-state index contributed by atoms with van der Waals surface area (Å²) in [5.74, 6) is 0. The second-order valence-corrected chi connectivity index (χ2v) is 1.30. The van der Waals surface area contributed by atoms with Gasteiger partial charge in [-0.1, -0.05) is 0 Å². The third-order valence-corrected chi connectivity index (χ3v) is 0.642. The number of carbonyl (C=O) groups excluding carboxylic acids is 2. The average Bonchev–Trinajstić information content (AvgIpc) is 1.89. The summed E-state index contributed by atoms with van der Waals surface area (Å²) >= 11 is 0.